The maximum absolute atomic E-state index is 12.4. The van der Waals surface area contributed by atoms with Crippen molar-refractivity contribution in [2.24, 2.45) is 7.05 Å². The Labute approximate surface area is 154 Å². The molecule has 0 spiro atoms. The van der Waals surface area contributed by atoms with Crippen LogP contribution in [0.15, 0.2) is 30.3 Å². The molecule has 8 heteroatoms. The van der Waals surface area contributed by atoms with Crippen LogP contribution in [0.5, 0.6) is 0 Å². The molecule has 1 aromatic carbocycles. The molecule has 3 aromatic rings. The van der Waals surface area contributed by atoms with Gasteiger partial charge in [0.25, 0.3) is 5.91 Å². The average Bonchev–Trinajstić information content (AvgIpc) is 3.12. The summed E-state index contributed by atoms with van der Waals surface area (Å²) in [7, 11) is 1.85. The summed E-state index contributed by atoms with van der Waals surface area (Å²) in [6.07, 6.45) is 1.36. The molecule has 0 saturated heterocycles. The van der Waals surface area contributed by atoms with Gasteiger partial charge in [0.2, 0.25) is 0 Å². The molecule has 25 heavy (non-hydrogen) atoms. The number of H-pyrrole nitrogens is 1. The van der Waals surface area contributed by atoms with E-state index in [9.17, 15) is 4.79 Å². The van der Waals surface area contributed by atoms with Gasteiger partial charge in [-0.2, -0.15) is 5.10 Å². The number of nitrogens with zero attached hydrogens (tertiary/aromatic N) is 3. The summed E-state index contributed by atoms with van der Waals surface area (Å²) in [6.45, 7) is 2.37. The molecule has 130 valence electrons. The van der Waals surface area contributed by atoms with Gasteiger partial charge >= 0.3 is 0 Å². The van der Waals surface area contributed by atoms with E-state index in [2.05, 4.69) is 32.6 Å². The van der Waals surface area contributed by atoms with Crippen LogP contribution in [0.4, 0.5) is 0 Å². The molecule has 0 aliphatic carbocycles. The Morgan fingerprint density at radius 1 is 1.36 bits per heavy atom. The van der Waals surface area contributed by atoms with Crippen LogP contribution >= 0.6 is 23.6 Å². The van der Waals surface area contributed by atoms with Crippen molar-refractivity contribution in [3.05, 3.63) is 62.1 Å². The van der Waals surface area contributed by atoms with Gasteiger partial charge in [-0.1, -0.05) is 30.3 Å². The zero-order chi connectivity index (χ0) is 17.8. The summed E-state index contributed by atoms with van der Waals surface area (Å²) in [5.41, 5.74) is 1.96. The lowest BCUT2D eigenvalue weighted by Crippen LogP contribution is -2.26. The van der Waals surface area contributed by atoms with Crippen molar-refractivity contribution in [2.45, 2.75) is 19.8 Å². The number of aromatic amines is 1. The molecule has 0 unspecified atom stereocenters. The second-order valence-corrected chi connectivity index (χ2v) is 7.16. The molecule has 6 nitrogen and oxygen atoms in total. The van der Waals surface area contributed by atoms with Gasteiger partial charge in [0, 0.05) is 26.4 Å². The monoisotopic (exact) mass is 373 g/mol. The molecule has 0 saturated carbocycles. The van der Waals surface area contributed by atoms with Crippen LogP contribution in [-0.2, 0) is 19.9 Å². The van der Waals surface area contributed by atoms with E-state index in [4.69, 9.17) is 12.2 Å². The molecule has 3 rings (SSSR count). The molecule has 0 radical (unpaired) electrons. The summed E-state index contributed by atoms with van der Waals surface area (Å²) in [5, 5.41) is 10.8. The number of aryl methyl sites for hydroxylation is 1. The largest absolute Gasteiger partial charge is 0.351 e. The predicted octanol–water partition coefficient (Wildman–Crippen LogP) is 2.81. The Morgan fingerprint density at radius 2 is 2.12 bits per heavy atom. The standard InChI is InChI=1S/C17H19N5OS2/c1-11-15(25-14(19-11)10-12-6-4-3-5-7-12)16(23)18-9-8-13-20-21-17(24)22(13)2/h3-7H,8-10H2,1-2H3,(H,18,23)(H,21,24). The van der Waals surface area contributed by atoms with E-state index in [1.54, 1.807) is 4.57 Å². The van der Waals surface area contributed by atoms with E-state index in [0.717, 1.165) is 22.9 Å². The summed E-state index contributed by atoms with van der Waals surface area (Å²) in [4.78, 5) is 17.6. The number of aromatic nitrogens is 4. The third kappa shape index (κ3) is 4.21. The lowest BCUT2D eigenvalue weighted by molar-refractivity contribution is 0.0957. The zero-order valence-electron chi connectivity index (χ0n) is 14.1. The Balaban J connectivity index is 1.60. The van der Waals surface area contributed by atoms with Crippen molar-refractivity contribution in [3.8, 4) is 0 Å². The molecule has 2 aromatic heterocycles. The molecule has 0 fully saturated rings. The fourth-order valence-electron chi connectivity index (χ4n) is 2.48. The predicted molar refractivity (Wildman–Crippen MR) is 101 cm³/mol. The highest BCUT2D eigenvalue weighted by Gasteiger charge is 2.15. The van der Waals surface area contributed by atoms with E-state index in [0.29, 0.717) is 22.6 Å². The van der Waals surface area contributed by atoms with Gasteiger partial charge in [-0.05, 0) is 24.7 Å². The van der Waals surface area contributed by atoms with Gasteiger partial charge in [-0.15, -0.1) is 11.3 Å². The third-order valence-electron chi connectivity index (χ3n) is 3.85. The highest BCUT2D eigenvalue weighted by Crippen LogP contribution is 2.20. The minimum Gasteiger partial charge on any atom is -0.351 e. The van der Waals surface area contributed by atoms with E-state index >= 15 is 0 Å². The van der Waals surface area contributed by atoms with Crippen molar-refractivity contribution in [1.82, 2.24) is 25.1 Å². The second kappa shape index (κ2) is 7.71. The maximum atomic E-state index is 12.4. The summed E-state index contributed by atoms with van der Waals surface area (Å²) in [6, 6.07) is 10.1. The molecule has 2 heterocycles. The van der Waals surface area contributed by atoms with Gasteiger partial charge in [0.05, 0.1) is 10.7 Å². The normalized spacial score (nSPS) is 10.8. The number of thiazole rings is 1. The summed E-state index contributed by atoms with van der Waals surface area (Å²) in [5.74, 6) is 0.724. The Bertz CT molecular complexity index is 926. The number of amides is 1. The molecule has 0 aliphatic rings. The smallest absolute Gasteiger partial charge is 0.263 e. The Morgan fingerprint density at radius 3 is 2.80 bits per heavy atom. The van der Waals surface area contributed by atoms with Gasteiger partial charge in [0.15, 0.2) is 4.77 Å². The van der Waals surface area contributed by atoms with Gasteiger partial charge in [0.1, 0.15) is 10.7 Å². The molecular weight excluding hydrogens is 354 g/mol. The number of carbonyl (C=O) groups excluding carboxylic acids is 1. The number of rotatable bonds is 6. The van der Waals surface area contributed by atoms with Crippen LogP contribution in [0.3, 0.4) is 0 Å². The van der Waals surface area contributed by atoms with E-state index in [1.165, 1.54) is 16.9 Å². The molecular formula is C17H19N5OS2. The second-order valence-electron chi connectivity index (χ2n) is 5.69. The fourth-order valence-corrected chi connectivity index (χ4v) is 3.65. The first-order valence-corrected chi connectivity index (χ1v) is 9.15. The number of carbonyl (C=O) groups is 1. The molecule has 0 aliphatic heterocycles. The minimum absolute atomic E-state index is 0.0916. The van der Waals surface area contributed by atoms with Crippen molar-refractivity contribution in [2.75, 3.05) is 6.54 Å². The first-order chi connectivity index (χ1) is 12.0. The van der Waals surface area contributed by atoms with Crippen LogP contribution in [0.2, 0.25) is 0 Å². The van der Waals surface area contributed by atoms with E-state index < -0.39 is 0 Å². The Kier molecular flexibility index (Phi) is 5.40. The van der Waals surface area contributed by atoms with Crippen molar-refractivity contribution >= 4 is 29.5 Å². The number of hydrogen-bond donors (Lipinski definition) is 2. The van der Waals surface area contributed by atoms with Crippen LogP contribution in [0.25, 0.3) is 0 Å². The molecule has 2 N–H and O–H groups in total. The van der Waals surface area contributed by atoms with Crippen molar-refractivity contribution in [1.29, 1.82) is 0 Å². The van der Waals surface area contributed by atoms with Crippen LogP contribution in [0.1, 0.15) is 31.8 Å². The fraction of sp³-hybridized carbons (Fsp3) is 0.294. The van der Waals surface area contributed by atoms with E-state index in [-0.39, 0.29) is 5.91 Å². The molecule has 0 atom stereocenters. The van der Waals surface area contributed by atoms with Gasteiger partial charge < -0.3 is 9.88 Å². The maximum Gasteiger partial charge on any atom is 0.263 e. The Hall–Kier alpha value is -2.32. The minimum atomic E-state index is -0.0916. The lowest BCUT2D eigenvalue weighted by atomic mass is 10.2. The van der Waals surface area contributed by atoms with Gasteiger partial charge in [-0.25, -0.2) is 4.98 Å². The van der Waals surface area contributed by atoms with Crippen molar-refractivity contribution < 1.29 is 4.79 Å². The highest BCUT2D eigenvalue weighted by molar-refractivity contribution is 7.71. The van der Waals surface area contributed by atoms with Crippen LogP contribution in [-0.4, -0.2) is 32.2 Å². The summed E-state index contributed by atoms with van der Waals surface area (Å²) >= 11 is 6.53. The average molecular weight is 374 g/mol. The van der Waals surface area contributed by atoms with Crippen molar-refractivity contribution in [3.63, 3.8) is 0 Å². The SMILES string of the molecule is Cc1nc(Cc2ccccc2)sc1C(=O)NCCc1n[nH]c(=S)n1C. The van der Waals surface area contributed by atoms with E-state index in [1.807, 2.05) is 32.2 Å². The number of hydrogen-bond acceptors (Lipinski definition) is 5. The topological polar surface area (TPSA) is 75.6 Å². The third-order valence-corrected chi connectivity index (χ3v) is 5.37. The number of benzene rings is 1. The first-order valence-electron chi connectivity index (χ1n) is 7.93. The zero-order valence-corrected chi connectivity index (χ0v) is 15.7. The number of nitrogens with one attached hydrogen (secondary N) is 2. The molecule has 0 bridgehead atoms. The molecule has 1 amide bonds. The highest BCUT2D eigenvalue weighted by atomic mass is 32.1. The lowest BCUT2D eigenvalue weighted by Gasteiger charge is -2.03. The van der Waals surface area contributed by atoms with Gasteiger partial charge in [-0.3, -0.25) is 9.89 Å². The van der Waals surface area contributed by atoms with Crippen LogP contribution in [0, 0.1) is 11.7 Å². The summed E-state index contributed by atoms with van der Waals surface area (Å²) < 4.78 is 2.38. The van der Waals surface area contributed by atoms with Crippen LogP contribution < -0.4 is 5.32 Å². The first kappa shape index (κ1) is 17.5. The quantitative estimate of drug-likeness (QED) is 0.652.